The van der Waals surface area contributed by atoms with Gasteiger partial charge in [0, 0.05) is 23.7 Å². The van der Waals surface area contributed by atoms with Crippen molar-refractivity contribution in [2.75, 3.05) is 18.9 Å². The van der Waals surface area contributed by atoms with Gasteiger partial charge in [-0.3, -0.25) is 9.59 Å². The van der Waals surface area contributed by atoms with Crippen LogP contribution >= 0.6 is 0 Å². The molecular formula is C29H27F4N5O3. The van der Waals surface area contributed by atoms with Gasteiger partial charge in [-0.2, -0.15) is 18.2 Å². The second kappa shape index (κ2) is 10.5. The number of benzene rings is 2. The topological polar surface area (TPSA) is 122 Å². The Morgan fingerprint density at radius 3 is 2.39 bits per heavy atom. The van der Waals surface area contributed by atoms with Gasteiger partial charge in [0.2, 0.25) is 5.71 Å². The lowest BCUT2D eigenvalue weighted by molar-refractivity contribution is -0.115. The molecule has 0 bridgehead atoms. The Morgan fingerprint density at radius 1 is 1.05 bits per heavy atom. The van der Waals surface area contributed by atoms with E-state index in [9.17, 15) is 27.2 Å². The fourth-order valence-corrected chi connectivity index (χ4v) is 4.65. The van der Waals surface area contributed by atoms with Crippen molar-refractivity contribution in [1.82, 2.24) is 15.6 Å². The Morgan fingerprint density at radius 2 is 1.76 bits per heavy atom. The highest BCUT2D eigenvalue weighted by Gasteiger charge is 2.39. The van der Waals surface area contributed by atoms with Gasteiger partial charge in [-0.25, -0.2) is 4.39 Å². The van der Waals surface area contributed by atoms with E-state index < -0.39 is 36.0 Å². The molecule has 1 aliphatic carbocycles. The fourth-order valence-electron chi connectivity index (χ4n) is 4.65. The summed E-state index contributed by atoms with van der Waals surface area (Å²) >= 11 is 0. The normalized spacial score (nSPS) is 14.9. The highest BCUT2D eigenvalue weighted by molar-refractivity contribution is 6.11. The molecule has 2 aromatic carbocycles. The molecule has 2 aromatic heterocycles. The largest absolute Gasteiger partial charge is 0.437 e. The van der Waals surface area contributed by atoms with E-state index in [1.54, 1.807) is 25.1 Å². The van der Waals surface area contributed by atoms with Crippen molar-refractivity contribution in [2.24, 2.45) is 11.7 Å². The molecule has 1 saturated carbocycles. The number of hydrogen-bond acceptors (Lipinski definition) is 6. The van der Waals surface area contributed by atoms with Gasteiger partial charge >= 0.3 is 6.18 Å². The number of carbonyl (C=O) groups is 2. The maximum absolute atomic E-state index is 13.6. The van der Waals surface area contributed by atoms with Crippen molar-refractivity contribution in [3.05, 3.63) is 71.5 Å². The molecule has 4 aromatic rings. The second-order valence-electron chi connectivity index (χ2n) is 10.2. The van der Waals surface area contributed by atoms with Gasteiger partial charge in [0.25, 0.3) is 11.8 Å². The van der Waals surface area contributed by atoms with Crippen LogP contribution in [0.2, 0.25) is 0 Å². The predicted molar refractivity (Wildman–Crippen MR) is 146 cm³/mol. The number of halogens is 4. The van der Waals surface area contributed by atoms with E-state index in [-0.39, 0.29) is 45.3 Å². The summed E-state index contributed by atoms with van der Waals surface area (Å²) in [6.07, 6.45) is -2.74. The maximum atomic E-state index is 13.6. The van der Waals surface area contributed by atoms with E-state index in [1.165, 1.54) is 43.4 Å². The SMILES string of the molecule is CNC(=O)c1c(-c2ccc(F)cc2)oc2nc(NCC(F)(F)F)c(-c3cccc(C(=O)NC(C)(N)C4CC4)c3)cc12. The van der Waals surface area contributed by atoms with Gasteiger partial charge in [-0.05, 0) is 73.7 Å². The van der Waals surface area contributed by atoms with Crippen molar-refractivity contribution < 1.29 is 31.6 Å². The van der Waals surface area contributed by atoms with E-state index in [4.69, 9.17) is 10.2 Å². The summed E-state index contributed by atoms with van der Waals surface area (Å²) in [4.78, 5) is 30.3. The van der Waals surface area contributed by atoms with Crippen molar-refractivity contribution in [1.29, 1.82) is 0 Å². The number of alkyl halides is 3. The third-order valence-corrected chi connectivity index (χ3v) is 6.94. The summed E-state index contributed by atoms with van der Waals surface area (Å²) in [6, 6.07) is 13.0. The van der Waals surface area contributed by atoms with Gasteiger partial charge in [-0.15, -0.1) is 0 Å². The van der Waals surface area contributed by atoms with Crippen LogP contribution in [-0.2, 0) is 0 Å². The molecule has 214 valence electrons. The molecule has 8 nitrogen and oxygen atoms in total. The van der Waals surface area contributed by atoms with E-state index in [2.05, 4.69) is 20.9 Å². The van der Waals surface area contributed by atoms with Gasteiger partial charge < -0.3 is 26.1 Å². The summed E-state index contributed by atoms with van der Waals surface area (Å²) in [6.45, 7) is 0.348. The number of nitrogens with one attached hydrogen (secondary N) is 3. The summed E-state index contributed by atoms with van der Waals surface area (Å²) in [5.74, 6) is -1.41. The van der Waals surface area contributed by atoms with Crippen molar-refractivity contribution in [2.45, 2.75) is 31.6 Å². The molecular weight excluding hydrogens is 542 g/mol. The van der Waals surface area contributed by atoms with Gasteiger partial charge in [0.05, 0.1) is 16.6 Å². The predicted octanol–water partition coefficient (Wildman–Crippen LogP) is 5.45. The Kier molecular flexibility index (Phi) is 7.20. The molecule has 41 heavy (non-hydrogen) atoms. The number of anilines is 1. The van der Waals surface area contributed by atoms with Crippen LogP contribution in [0, 0.1) is 11.7 Å². The standard InChI is InChI=1S/C29H27F4N5O3/c1-28(34,18-8-9-18)38-25(39)17-5-3-4-16(12-17)20-13-21-22(26(40)35-2)23(15-6-10-19(30)11-7-15)41-27(21)37-24(20)36-14-29(31,32)33/h3-7,10-13,18H,8-9,14,34H2,1-2H3,(H,35,40)(H,36,37)(H,38,39). The molecule has 5 rings (SSSR count). The summed E-state index contributed by atoms with van der Waals surface area (Å²) in [5, 5.41) is 7.88. The molecule has 0 spiro atoms. The zero-order valence-electron chi connectivity index (χ0n) is 22.2. The minimum absolute atomic E-state index is 0.0706. The molecule has 5 N–H and O–H groups in total. The lowest BCUT2D eigenvalue weighted by atomic mass is 9.99. The molecule has 2 amide bonds. The third kappa shape index (κ3) is 6.02. The Bertz CT molecular complexity index is 1630. The average molecular weight is 570 g/mol. The van der Waals surface area contributed by atoms with Crippen LogP contribution in [0.1, 0.15) is 40.5 Å². The number of rotatable bonds is 8. The molecule has 1 atom stereocenters. The molecule has 1 fully saturated rings. The summed E-state index contributed by atoms with van der Waals surface area (Å²) in [7, 11) is 1.41. The molecule has 0 aliphatic heterocycles. The number of nitrogens with zero attached hydrogens (tertiary/aromatic N) is 1. The van der Waals surface area contributed by atoms with Crippen LogP contribution in [0.4, 0.5) is 23.4 Å². The fraction of sp³-hybridized carbons (Fsp3) is 0.276. The highest BCUT2D eigenvalue weighted by atomic mass is 19.4. The lowest BCUT2D eigenvalue weighted by Gasteiger charge is -2.26. The molecule has 12 heteroatoms. The number of nitrogens with two attached hydrogens (primary N) is 1. The zero-order valence-corrected chi connectivity index (χ0v) is 22.2. The van der Waals surface area contributed by atoms with Gasteiger partial charge in [0.1, 0.15) is 23.9 Å². The van der Waals surface area contributed by atoms with Crippen LogP contribution in [0.25, 0.3) is 33.6 Å². The first-order valence-corrected chi connectivity index (χ1v) is 12.8. The van der Waals surface area contributed by atoms with E-state index in [1.807, 2.05) is 0 Å². The van der Waals surface area contributed by atoms with Crippen molar-refractivity contribution in [3.63, 3.8) is 0 Å². The smallest absolute Gasteiger partial charge is 0.405 e. The van der Waals surface area contributed by atoms with Crippen LogP contribution in [0.5, 0.6) is 0 Å². The minimum Gasteiger partial charge on any atom is -0.437 e. The van der Waals surface area contributed by atoms with E-state index in [0.717, 1.165) is 12.8 Å². The van der Waals surface area contributed by atoms with Crippen molar-refractivity contribution in [3.8, 4) is 22.5 Å². The first-order valence-electron chi connectivity index (χ1n) is 12.8. The number of fused-ring (bicyclic) bond motifs is 1. The third-order valence-electron chi connectivity index (χ3n) is 6.94. The average Bonchev–Trinajstić information content (AvgIpc) is 3.73. The number of carbonyl (C=O) groups excluding carboxylic acids is 2. The number of aromatic nitrogens is 1. The van der Waals surface area contributed by atoms with Crippen LogP contribution in [0.3, 0.4) is 0 Å². The zero-order chi connectivity index (χ0) is 29.5. The van der Waals surface area contributed by atoms with Gasteiger partial charge in [0.15, 0.2) is 0 Å². The van der Waals surface area contributed by atoms with Crippen LogP contribution < -0.4 is 21.7 Å². The Balaban J connectivity index is 1.65. The number of furan rings is 1. The maximum Gasteiger partial charge on any atom is 0.405 e. The second-order valence-corrected chi connectivity index (χ2v) is 10.2. The Hall–Kier alpha value is -4.45. The molecule has 1 aliphatic rings. The van der Waals surface area contributed by atoms with E-state index in [0.29, 0.717) is 11.1 Å². The van der Waals surface area contributed by atoms with Crippen LogP contribution in [-0.4, -0.2) is 42.2 Å². The van der Waals surface area contributed by atoms with Crippen molar-refractivity contribution >= 4 is 28.7 Å². The van der Waals surface area contributed by atoms with Crippen LogP contribution in [0.15, 0.2) is 59.0 Å². The quantitative estimate of drug-likeness (QED) is 0.165. The van der Waals surface area contributed by atoms with E-state index >= 15 is 0 Å². The minimum atomic E-state index is -4.56. The molecule has 2 heterocycles. The molecule has 0 saturated heterocycles. The van der Waals surface area contributed by atoms with Gasteiger partial charge in [-0.1, -0.05) is 12.1 Å². The highest BCUT2D eigenvalue weighted by Crippen LogP contribution is 2.39. The first kappa shape index (κ1) is 28.1. The molecule has 0 radical (unpaired) electrons. The number of amides is 2. The summed E-state index contributed by atoms with van der Waals surface area (Å²) < 4.78 is 59.0. The number of pyridine rings is 1. The lowest BCUT2D eigenvalue weighted by Crippen LogP contribution is -2.55. The Labute approximate surface area is 232 Å². The molecule has 1 unspecified atom stereocenters. The first-order chi connectivity index (χ1) is 19.4. The number of hydrogen-bond donors (Lipinski definition) is 4. The monoisotopic (exact) mass is 569 g/mol. The summed E-state index contributed by atoms with van der Waals surface area (Å²) in [5.41, 5.74) is 6.52.